The number of likely N-dealkylation sites (N-methyl/N-ethyl adjacent to an activating group) is 1. The second-order valence-corrected chi connectivity index (χ2v) is 6.17. The Bertz CT molecular complexity index is 501. The molecule has 1 aromatic carbocycles. The van der Waals surface area contributed by atoms with Gasteiger partial charge in [-0.05, 0) is 51.1 Å². The molecule has 1 aliphatic rings. The maximum absolute atomic E-state index is 13.0. The number of aliphatic hydroxyl groups is 1. The van der Waals surface area contributed by atoms with Gasteiger partial charge >= 0.3 is 6.03 Å². The summed E-state index contributed by atoms with van der Waals surface area (Å²) in [4.78, 5) is 13.8. The van der Waals surface area contributed by atoms with E-state index in [0.29, 0.717) is 6.54 Å². The number of carbonyl (C=O) groups excluding carboxylic acids is 1. The lowest BCUT2D eigenvalue weighted by Gasteiger charge is -2.36. The van der Waals surface area contributed by atoms with Gasteiger partial charge in [0, 0.05) is 13.1 Å². The van der Waals surface area contributed by atoms with E-state index in [1.54, 1.807) is 12.1 Å². The van der Waals surface area contributed by atoms with E-state index in [1.165, 1.54) is 12.1 Å². The molecule has 0 radical (unpaired) electrons. The molecule has 1 fully saturated rings. The lowest BCUT2D eigenvalue weighted by molar-refractivity contribution is -0.0290. The van der Waals surface area contributed by atoms with Gasteiger partial charge in [0.2, 0.25) is 0 Å². The number of hydrogen-bond donors (Lipinski definition) is 3. The normalized spacial score (nSPS) is 17.7. The van der Waals surface area contributed by atoms with Gasteiger partial charge in [0.05, 0.1) is 11.6 Å². The highest BCUT2D eigenvalue weighted by molar-refractivity contribution is 5.74. The van der Waals surface area contributed by atoms with E-state index >= 15 is 0 Å². The van der Waals surface area contributed by atoms with Gasteiger partial charge in [-0.15, -0.1) is 0 Å². The minimum absolute atomic E-state index is 0.0434. The lowest BCUT2D eigenvalue weighted by Crippen LogP contribution is -2.50. The van der Waals surface area contributed by atoms with Crippen LogP contribution in [-0.4, -0.2) is 48.8 Å². The molecule has 1 atom stereocenters. The van der Waals surface area contributed by atoms with E-state index in [-0.39, 0.29) is 24.4 Å². The van der Waals surface area contributed by atoms with Gasteiger partial charge in [0.15, 0.2) is 0 Å². The first kappa shape index (κ1) is 16.7. The Balaban J connectivity index is 1.83. The monoisotopic (exact) mass is 309 g/mol. The van der Waals surface area contributed by atoms with Crippen molar-refractivity contribution in [3.8, 4) is 0 Å². The summed E-state index contributed by atoms with van der Waals surface area (Å²) in [5, 5.41) is 15.4. The Labute approximate surface area is 130 Å². The summed E-state index contributed by atoms with van der Waals surface area (Å²) in [7, 11) is 3.81. The molecule has 1 aliphatic carbocycles. The predicted molar refractivity (Wildman–Crippen MR) is 83.0 cm³/mol. The zero-order valence-electron chi connectivity index (χ0n) is 13.1. The van der Waals surface area contributed by atoms with E-state index in [4.69, 9.17) is 0 Å². The summed E-state index contributed by atoms with van der Waals surface area (Å²) >= 11 is 0. The molecule has 6 heteroatoms. The van der Waals surface area contributed by atoms with Crippen molar-refractivity contribution in [2.24, 2.45) is 0 Å². The highest BCUT2D eigenvalue weighted by Gasteiger charge is 2.34. The van der Waals surface area contributed by atoms with Crippen molar-refractivity contribution in [2.45, 2.75) is 30.9 Å². The van der Waals surface area contributed by atoms with Crippen molar-refractivity contribution in [2.75, 3.05) is 27.2 Å². The maximum Gasteiger partial charge on any atom is 0.314 e. The Morgan fingerprint density at radius 1 is 1.32 bits per heavy atom. The molecule has 2 amide bonds. The first-order valence-electron chi connectivity index (χ1n) is 7.56. The highest BCUT2D eigenvalue weighted by atomic mass is 19.1. The number of nitrogens with zero attached hydrogens (tertiary/aromatic N) is 1. The van der Waals surface area contributed by atoms with Crippen LogP contribution in [-0.2, 0) is 0 Å². The van der Waals surface area contributed by atoms with Crippen molar-refractivity contribution < 1.29 is 14.3 Å². The Morgan fingerprint density at radius 2 is 1.95 bits per heavy atom. The van der Waals surface area contributed by atoms with Gasteiger partial charge < -0.3 is 20.6 Å². The number of benzene rings is 1. The Hall–Kier alpha value is -1.66. The van der Waals surface area contributed by atoms with Crippen LogP contribution < -0.4 is 10.6 Å². The quantitative estimate of drug-likeness (QED) is 0.748. The van der Waals surface area contributed by atoms with Crippen LogP contribution in [0.15, 0.2) is 24.3 Å². The molecular formula is C16H24FN3O2. The molecular weight excluding hydrogens is 285 g/mol. The van der Waals surface area contributed by atoms with E-state index in [0.717, 1.165) is 24.8 Å². The number of amides is 2. The van der Waals surface area contributed by atoms with Crippen molar-refractivity contribution in [1.82, 2.24) is 15.5 Å². The third kappa shape index (κ3) is 4.42. The summed E-state index contributed by atoms with van der Waals surface area (Å²) in [5.41, 5.74) is 0.208. The van der Waals surface area contributed by atoms with Crippen LogP contribution >= 0.6 is 0 Å². The SMILES string of the molecule is CN(C)C(CNC(=O)NCC1(O)CCC1)c1ccc(F)cc1. The number of nitrogens with one attached hydrogen (secondary N) is 2. The minimum atomic E-state index is -0.727. The molecule has 0 bridgehead atoms. The molecule has 0 aromatic heterocycles. The van der Waals surface area contributed by atoms with Gasteiger partial charge in [-0.3, -0.25) is 0 Å². The summed E-state index contributed by atoms with van der Waals surface area (Å²) in [5.74, 6) is -0.277. The van der Waals surface area contributed by atoms with Gasteiger partial charge in [-0.25, -0.2) is 9.18 Å². The molecule has 0 heterocycles. The molecule has 122 valence electrons. The zero-order chi connectivity index (χ0) is 16.2. The van der Waals surface area contributed by atoms with Crippen LogP contribution in [0.5, 0.6) is 0 Å². The molecule has 2 rings (SSSR count). The first-order chi connectivity index (χ1) is 10.4. The first-order valence-corrected chi connectivity index (χ1v) is 7.56. The van der Waals surface area contributed by atoms with Crippen molar-refractivity contribution >= 4 is 6.03 Å². The molecule has 1 unspecified atom stereocenters. The smallest absolute Gasteiger partial charge is 0.314 e. The summed E-state index contributed by atoms with van der Waals surface area (Å²) in [6.45, 7) is 0.685. The standard InChI is InChI=1S/C16H24FN3O2/c1-20(2)14(12-4-6-13(17)7-5-12)10-18-15(21)19-11-16(22)8-3-9-16/h4-7,14,22H,3,8-11H2,1-2H3,(H2,18,19,21). The fourth-order valence-electron chi connectivity index (χ4n) is 2.54. The van der Waals surface area contributed by atoms with Crippen LogP contribution in [0.1, 0.15) is 30.9 Å². The second kappa shape index (κ2) is 7.07. The molecule has 5 nitrogen and oxygen atoms in total. The van der Waals surface area contributed by atoms with Crippen LogP contribution in [0, 0.1) is 5.82 Å². The topological polar surface area (TPSA) is 64.6 Å². The second-order valence-electron chi connectivity index (χ2n) is 6.17. The average molecular weight is 309 g/mol. The van der Waals surface area contributed by atoms with E-state index in [1.807, 2.05) is 19.0 Å². The van der Waals surface area contributed by atoms with Crippen LogP contribution in [0.2, 0.25) is 0 Å². The van der Waals surface area contributed by atoms with Gasteiger partial charge in [-0.1, -0.05) is 12.1 Å². The predicted octanol–water partition coefficient (Wildman–Crippen LogP) is 1.64. The van der Waals surface area contributed by atoms with Crippen LogP contribution in [0.3, 0.4) is 0 Å². The average Bonchev–Trinajstić information content (AvgIpc) is 2.45. The van der Waals surface area contributed by atoms with Crippen LogP contribution in [0.25, 0.3) is 0 Å². The van der Waals surface area contributed by atoms with Crippen LogP contribution in [0.4, 0.5) is 9.18 Å². The van der Waals surface area contributed by atoms with E-state index < -0.39 is 5.60 Å². The van der Waals surface area contributed by atoms with Crippen molar-refractivity contribution in [1.29, 1.82) is 0 Å². The fraction of sp³-hybridized carbons (Fsp3) is 0.562. The molecule has 22 heavy (non-hydrogen) atoms. The molecule has 3 N–H and O–H groups in total. The third-order valence-corrected chi connectivity index (χ3v) is 4.20. The zero-order valence-corrected chi connectivity index (χ0v) is 13.1. The third-order valence-electron chi connectivity index (χ3n) is 4.20. The fourth-order valence-corrected chi connectivity index (χ4v) is 2.54. The molecule has 0 aliphatic heterocycles. The number of urea groups is 1. The highest BCUT2D eigenvalue weighted by Crippen LogP contribution is 2.30. The summed E-state index contributed by atoms with van der Waals surface area (Å²) in [6.07, 6.45) is 2.49. The summed E-state index contributed by atoms with van der Waals surface area (Å²) in [6, 6.07) is 5.93. The number of hydrogen-bond acceptors (Lipinski definition) is 3. The van der Waals surface area contributed by atoms with E-state index in [2.05, 4.69) is 10.6 Å². The van der Waals surface area contributed by atoms with Gasteiger partial charge in [-0.2, -0.15) is 0 Å². The Kier molecular flexibility index (Phi) is 5.37. The Morgan fingerprint density at radius 3 is 2.45 bits per heavy atom. The molecule has 0 spiro atoms. The van der Waals surface area contributed by atoms with E-state index in [9.17, 15) is 14.3 Å². The maximum atomic E-state index is 13.0. The van der Waals surface area contributed by atoms with Crippen molar-refractivity contribution in [3.63, 3.8) is 0 Å². The number of halogens is 1. The number of carbonyl (C=O) groups is 1. The van der Waals surface area contributed by atoms with Gasteiger partial charge in [0.1, 0.15) is 5.82 Å². The largest absolute Gasteiger partial charge is 0.388 e. The summed E-state index contributed by atoms with van der Waals surface area (Å²) < 4.78 is 13.0. The molecule has 1 aromatic rings. The molecule has 0 saturated heterocycles. The van der Waals surface area contributed by atoms with Crippen molar-refractivity contribution in [3.05, 3.63) is 35.6 Å². The molecule has 1 saturated carbocycles. The minimum Gasteiger partial charge on any atom is -0.388 e. The number of rotatable bonds is 6. The van der Waals surface area contributed by atoms with Gasteiger partial charge in [0.25, 0.3) is 0 Å². The lowest BCUT2D eigenvalue weighted by atomic mass is 9.80.